The van der Waals surface area contributed by atoms with Gasteiger partial charge in [-0.2, -0.15) is 0 Å². The fourth-order valence-electron chi connectivity index (χ4n) is 0.764. The van der Waals surface area contributed by atoms with Gasteiger partial charge in [0.25, 0.3) is 0 Å². The lowest BCUT2D eigenvalue weighted by molar-refractivity contribution is -0.159. The van der Waals surface area contributed by atoms with Crippen LogP contribution >= 0.6 is 0 Å². The molecule has 0 aliphatic carbocycles. The Morgan fingerprint density at radius 2 is 2.06 bits per heavy atom. The molecule has 0 radical (unpaired) electrons. The number of carbonyl (C=O) groups is 2. The predicted molar refractivity (Wildman–Crippen MR) is 60.0 cm³/mol. The van der Waals surface area contributed by atoms with Crippen molar-refractivity contribution in [2.75, 3.05) is 13.2 Å². The molecule has 0 aromatic rings. The highest BCUT2D eigenvalue weighted by molar-refractivity contribution is 5.92. The lowest BCUT2D eigenvalue weighted by atomic mass is 10.1. The number of carbonyl (C=O) groups excluding carboxylic acids is 3. The standard InChI is InChI=1S/C10H16O4.CHNO/c1-4-9(11)14-10(12)8(3)6-7-13-5-2;2-1-3/h4,8H,1,5-7H2,2-3H3;2H. The Kier molecular flexibility index (Phi) is 12.7. The molecule has 6 nitrogen and oxygen atoms in total. The van der Waals surface area contributed by atoms with Crippen LogP contribution in [0.5, 0.6) is 0 Å². The van der Waals surface area contributed by atoms with Gasteiger partial charge in [0.05, 0.1) is 5.92 Å². The van der Waals surface area contributed by atoms with Crippen molar-refractivity contribution < 1.29 is 23.9 Å². The molecule has 0 heterocycles. The number of hydrogen-bond acceptors (Lipinski definition) is 6. The summed E-state index contributed by atoms with van der Waals surface area (Å²) < 4.78 is 9.51. The first-order valence-electron chi connectivity index (χ1n) is 5.03. The quantitative estimate of drug-likeness (QED) is 0.189. The first kappa shape index (κ1) is 17.6. The summed E-state index contributed by atoms with van der Waals surface area (Å²) in [6.45, 7) is 7.88. The maximum absolute atomic E-state index is 11.2. The molecule has 0 spiro atoms. The number of nitrogens with one attached hydrogen (secondary N) is 1. The van der Waals surface area contributed by atoms with Gasteiger partial charge in [-0.05, 0) is 13.3 Å². The van der Waals surface area contributed by atoms with Gasteiger partial charge in [0.15, 0.2) is 0 Å². The van der Waals surface area contributed by atoms with Gasteiger partial charge in [-0.3, -0.25) is 4.79 Å². The second kappa shape index (κ2) is 12.3. The summed E-state index contributed by atoms with van der Waals surface area (Å²) in [4.78, 5) is 30.2. The van der Waals surface area contributed by atoms with E-state index in [1.165, 1.54) is 0 Å². The minimum absolute atomic E-state index is 0.328. The summed E-state index contributed by atoms with van der Waals surface area (Å²) in [5.74, 6) is -1.57. The summed E-state index contributed by atoms with van der Waals surface area (Å²) >= 11 is 0. The number of isocyanates is 1. The second-order valence-electron chi connectivity index (χ2n) is 2.93. The maximum atomic E-state index is 11.2. The number of rotatable bonds is 6. The number of ether oxygens (including phenoxy) is 2. The van der Waals surface area contributed by atoms with Crippen molar-refractivity contribution >= 4 is 18.0 Å². The Morgan fingerprint density at radius 3 is 2.47 bits per heavy atom. The van der Waals surface area contributed by atoms with E-state index in [0.717, 1.165) is 12.2 Å². The lowest BCUT2D eigenvalue weighted by Gasteiger charge is -2.08. The average molecular weight is 243 g/mol. The highest BCUT2D eigenvalue weighted by Gasteiger charge is 2.16. The third-order valence-corrected chi connectivity index (χ3v) is 1.67. The van der Waals surface area contributed by atoms with Crippen LogP contribution in [0, 0.1) is 11.3 Å². The lowest BCUT2D eigenvalue weighted by Crippen LogP contribution is -2.19. The van der Waals surface area contributed by atoms with E-state index in [-0.39, 0.29) is 5.92 Å². The van der Waals surface area contributed by atoms with E-state index in [4.69, 9.17) is 14.9 Å². The van der Waals surface area contributed by atoms with E-state index in [1.807, 2.05) is 6.92 Å². The van der Waals surface area contributed by atoms with Gasteiger partial charge in [-0.25, -0.2) is 15.0 Å². The van der Waals surface area contributed by atoms with Crippen LogP contribution in [0.15, 0.2) is 12.7 Å². The molecule has 0 aliphatic rings. The minimum atomic E-state index is -0.710. The van der Waals surface area contributed by atoms with Gasteiger partial charge in [-0.1, -0.05) is 13.5 Å². The van der Waals surface area contributed by atoms with Crippen LogP contribution in [0.1, 0.15) is 20.3 Å². The predicted octanol–water partition coefficient (Wildman–Crippen LogP) is 1.21. The topological polar surface area (TPSA) is 93.5 Å². The summed E-state index contributed by atoms with van der Waals surface area (Å²) in [7, 11) is 0. The van der Waals surface area contributed by atoms with Crippen LogP contribution in [0.25, 0.3) is 0 Å². The molecule has 17 heavy (non-hydrogen) atoms. The Hall–Kier alpha value is -1.78. The smallest absolute Gasteiger partial charge is 0.337 e. The van der Waals surface area contributed by atoms with Crippen molar-refractivity contribution in [3.8, 4) is 0 Å². The van der Waals surface area contributed by atoms with Gasteiger partial charge in [-0.15, -0.1) is 0 Å². The summed E-state index contributed by atoms with van der Waals surface area (Å²) in [5.41, 5.74) is 0. The van der Waals surface area contributed by atoms with Gasteiger partial charge < -0.3 is 9.47 Å². The van der Waals surface area contributed by atoms with Crippen molar-refractivity contribution in [3.63, 3.8) is 0 Å². The first-order chi connectivity index (χ1) is 8.03. The molecule has 0 aromatic carbocycles. The zero-order valence-corrected chi connectivity index (χ0v) is 10.0. The van der Waals surface area contributed by atoms with Crippen LogP contribution in [-0.2, 0) is 23.9 Å². The molecule has 0 aromatic heterocycles. The molecule has 96 valence electrons. The Bertz CT molecular complexity index is 282. The van der Waals surface area contributed by atoms with Crippen molar-refractivity contribution in [2.24, 2.45) is 5.92 Å². The fraction of sp³-hybridized carbons (Fsp3) is 0.545. The molecule has 0 saturated heterocycles. The molecular formula is C11H17NO5. The minimum Gasteiger partial charge on any atom is -0.390 e. The molecule has 0 aliphatic heterocycles. The Labute approximate surface area is 100 Å². The van der Waals surface area contributed by atoms with Crippen LogP contribution < -0.4 is 0 Å². The van der Waals surface area contributed by atoms with Crippen molar-refractivity contribution in [2.45, 2.75) is 20.3 Å². The van der Waals surface area contributed by atoms with Gasteiger partial charge in [0.2, 0.25) is 6.08 Å². The van der Waals surface area contributed by atoms with Gasteiger partial charge >= 0.3 is 11.9 Å². The normalized spacial score (nSPS) is 10.2. The van der Waals surface area contributed by atoms with Crippen LogP contribution in [0.4, 0.5) is 0 Å². The van der Waals surface area contributed by atoms with Crippen LogP contribution in [0.3, 0.4) is 0 Å². The molecule has 0 rings (SSSR count). The molecule has 0 saturated carbocycles. The van der Waals surface area contributed by atoms with Crippen LogP contribution in [0.2, 0.25) is 0 Å². The summed E-state index contributed by atoms with van der Waals surface area (Å²) in [6.07, 6.45) is 2.27. The maximum Gasteiger partial charge on any atom is 0.337 e. The van der Waals surface area contributed by atoms with Crippen LogP contribution in [-0.4, -0.2) is 31.2 Å². The van der Waals surface area contributed by atoms with E-state index < -0.39 is 11.9 Å². The number of esters is 2. The number of hydrogen-bond donors (Lipinski definition) is 1. The van der Waals surface area contributed by atoms with Crippen molar-refractivity contribution in [1.29, 1.82) is 5.41 Å². The average Bonchev–Trinajstić information content (AvgIpc) is 2.30. The van der Waals surface area contributed by atoms with Crippen molar-refractivity contribution in [3.05, 3.63) is 12.7 Å². The van der Waals surface area contributed by atoms with Crippen molar-refractivity contribution in [1.82, 2.24) is 0 Å². The molecule has 0 amide bonds. The van der Waals surface area contributed by atoms with E-state index in [2.05, 4.69) is 11.3 Å². The highest BCUT2D eigenvalue weighted by Crippen LogP contribution is 2.05. The SMILES string of the molecule is C=CC(=O)OC(=O)C(C)CCOCC.N=C=O. The Morgan fingerprint density at radius 1 is 1.53 bits per heavy atom. The molecule has 0 bridgehead atoms. The van der Waals surface area contributed by atoms with E-state index >= 15 is 0 Å². The zero-order valence-electron chi connectivity index (χ0n) is 10.0. The van der Waals surface area contributed by atoms with Gasteiger partial charge in [0, 0.05) is 19.3 Å². The molecule has 0 fully saturated rings. The van der Waals surface area contributed by atoms with E-state index in [0.29, 0.717) is 19.6 Å². The third kappa shape index (κ3) is 12.2. The monoisotopic (exact) mass is 243 g/mol. The molecule has 1 N–H and O–H groups in total. The first-order valence-corrected chi connectivity index (χ1v) is 5.03. The molecule has 1 atom stereocenters. The molecular weight excluding hydrogens is 226 g/mol. The van der Waals surface area contributed by atoms with Gasteiger partial charge in [0.1, 0.15) is 0 Å². The fourth-order valence-corrected chi connectivity index (χ4v) is 0.764. The molecule has 1 unspecified atom stereocenters. The highest BCUT2D eigenvalue weighted by atomic mass is 16.6. The Balaban J connectivity index is 0. The summed E-state index contributed by atoms with van der Waals surface area (Å²) in [6, 6.07) is 0. The third-order valence-electron chi connectivity index (χ3n) is 1.67. The largest absolute Gasteiger partial charge is 0.390 e. The van der Waals surface area contributed by atoms with E-state index in [1.54, 1.807) is 6.92 Å². The summed E-state index contributed by atoms with van der Waals surface area (Å²) in [5, 5.41) is 5.40. The second-order valence-corrected chi connectivity index (χ2v) is 2.93. The zero-order chi connectivity index (χ0) is 13.7. The van der Waals surface area contributed by atoms with E-state index in [9.17, 15) is 9.59 Å². The molecule has 6 heteroatoms.